The van der Waals surface area contributed by atoms with Gasteiger partial charge in [0.2, 0.25) is 0 Å². The van der Waals surface area contributed by atoms with E-state index in [2.05, 4.69) is 17.5 Å². The van der Waals surface area contributed by atoms with Crippen molar-refractivity contribution in [3.8, 4) is 0 Å². The Hall–Kier alpha value is -1.51. The van der Waals surface area contributed by atoms with Crippen LogP contribution in [0.4, 0.5) is 0 Å². The second-order valence-electron chi connectivity index (χ2n) is 3.24. The second kappa shape index (κ2) is 3.09. The first-order chi connectivity index (χ1) is 6.27. The molecule has 0 fully saturated rings. The van der Waals surface area contributed by atoms with E-state index >= 15 is 0 Å². The van der Waals surface area contributed by atoms with Crippen LogP contribution >= 0.6 is 0 Å². The van der Waals surface area contributed by atoms with E-state index in [-0.39, 0.29) is 6.04 Å². The summed E-state index contributed by atoms with van der Waals surface area (Å²) in [6.07, 6.45) is 9.56. The van der Waals surface area contributed by atoms with Crippen LogP contribution in [0.25, 0.3) is 0 Å². The molecule has 13 heavy (non-hydrogen) atoms. The summed E-state index contributed by atoms with van der Waals surface area (Å²) in [6, 6.07) is 0.195. The molecule has 0 saturated carbocycles. The molecule has 3 nitrogen and oxygen atoms in total. The number of carboxylic acids is 1. The van der Waals surface area contributed by atoms with Crippen molar-refractivity contribution in [1.82, 2.24) is 5.32 Å². The van der Waals surface area contributed by atoms with E-state index in [0.717, 1.165) is 12.8 Å². The number of dihydropyridines is 1. The third-order valence-electron chi connectivity index (χ3n) is 2.36. The summed E-state index contributed by atoms with van der Waals surface area (Å²) in [5.41, 5.74) is 1.57. The molecule has 1 aliphatic heterocycles. The Morgan fingerprint density at radius 1 is 1.46 bits per heavy atom. The Morgan fingerprint density at radius 2 is 2.31 bits per heavy atom. The van der Waals surface area contributed by atoms with Gasteiger partial charge in [0, 0.05) is 0 Å². The lowest BCUT2D eigenvalue weighted by molar-refractivity contribution is -0.133. The number of fused-ring (bicyclic) bond motifs is 1. The summed E-state index contributed by atoms with van der Waals surface area (Å²) >= 11 is 0. The van der Waals surface area contributed by atoms with Crippen molar-refractivity contribution in [1.29, 1.82) is 0 Å². The van der Waals surface area contributed by atoms with Gasteiger partial charge in [0.05, 0.1) is 6.04 Å². The fourth-order valence-corrected chi connectivity index (χ4v) is 1.64. The molecule has 0 saturated heterocycles. The van der Waals surface area contributed by atoms with Crippen molar-refractivity contribution in [2.24, 2.45) is 0 Å². The lowest BCUT2D eigenvalue weighted by atomic mass is 9.92. The van der Waals surface area contributed by atoms with Crippen molar-refractivity contribution in [3.63, 3.8) is 0 Å². The maximum absolute atomic E-state index is 10.7. The fourth-order valence-electron chi connectivity index (χ4n) is 1.64. The first-order valence-electron chi connectivity index (χ1n) is 4.33. The molecule has 0 aromatic carbocycles. The van der Waals surface area contributed by atoms with Crippen LogP contribution < -0.4 is 5.32 Å². The number of carbonyl (C=O) groups is 1. The van der Waals surface area contributed by atoms with Gasteiger partial charge >= 0.3 is 5.97 Å². The highest BCUT2D eigenvalue weighted by atomic mass is 16.4. The van der Waals surface area contributed by atoms with Crippen LogP contribution in [0.1, 0.15) is 12.8 Å². The molecule has 0 radical (unpaired) electrons. The molecular formula is C10H11NO2. The molecule has 0 amide bonds. The van der Waals surface area contributed by atoms with Gasteiger partial charge in [-0.15, -0.1) is 0 Å². The minimum atomic E-state index is -0.884. The number of nitrogens with one attached hydrogen (secondary N) is 1. The van der Waals surface area contributed by atoms with Gasteiger partial charge < -0.3 is 10.4 Å². The Bertz CT molecular complexity index is 326. The van der Waals surface area contributed by atoms with E-state index in [0.29, 0.717) is 5.70 Å². The number of allylic oxidation sites excluding steroid dienone is 3. The summed E-state index contributed by atoms with van der Waals surface area (Å²) in [7, 11) is 0. The van der Waals surface area contributed by atoms with E-state index in [4.69, 9.17) is 5.11 Å². The molecule has 2 N–H and O–H groups in total. The SMILES string of the molecule is O=C(O)C1=CC=C2CC=CCC2N1. The lowest BCUT2D eigenvalue weighted by Crippen LogP contribution is -2.36. The highest BCUT2D eigenvalue weighted by Crippen LogP contribution is 2.22. The van der Waals surface area contributed by atoms with Gasteiger partial charge in [-0.3, -0.25) is 0 Å². The standard InChI is InChI=1S/C10H11NO2/c12-10(13)9-6-5-7-3-1-2-4-8(7)11-9/h1-2,5-6,8,11H,3-4H2,(H,12,13). The largest absolute Gasteiger partial charge is 0.477 e. The predicted molar refractivity (Wildman–Crippen MR) is 49.1 cm³/mol. The molecule has 1 heterocycles. The third kappa shape index (κ3) is 1.49. The summed E-state index contributed by atoms with van der Waals surface area (Å²) in [6.45, 7) is 0. The smallest absolute Gasteiger partial charge is 0.351 e. The molecule has 2 rings (SSSR count). The average molecular weight is 177 g/mol. The van der Waals surface area contributed by atoms with Gasteiger partial charge in [0.15, 0.2) is 0 Å². The lowest BCUT2D eigenvalue weighted by Gasteiger charge is -2.26. The first kappa shape index (κ1) is 8.10. The Labute approximate surface area is 76.4 Å². The summed E-state index contributed by atoms with van der Waals surface area (Å²) in [4.78, 5) is 10.7. The minimum Gasteiger partial charge on any atom is -0.477 e. The van der Waals surface area contributed by atoms with E-state index in [1.165, 1.54) is 5.57 Å². The number of hydrogen-bond donors (Lipinski definition) is 2. The minimum absolute atomic E-state index is 0.195. The van der Waals surface area contributed by atoms with Gasteiger partial charge in [-0.2, -0.15) is 0 Å². The van der Waals surface area contributed by atoms with Crippen molar-refractivity contribution < 1.29 is 9.90 Å². The Kier molecular flexibility index (Phi) is 1.93. The second-order valence-corrected chi connectivity index (χ2v) is 3.24. The summed E-state index contributed by atoms with van der Waals surface area (Å²) in [5.74, 6) is -0.884. The highest BCUT2D eigenvalue weighted by molar-refractivity contribution is 5.86. The van der Waals surface area contributed by atoms with Crippen LogP contribution in [-0.4, -0.2) is 17.1 Å². The molecule has 0 aromatic heterocycles. The van der Waals surface area contributed by atoms with Crippen LogP contribution in [0.2, 0.25) is 0 Å². The van der Waals surface area contributed by atoms with E-state index in [9.17, 15) is 4.79 Å². The molecule has 68 valence electrons. The van der Waals surface area contributed by atoms with Crippen molar-refractivity contribution in [2.75, 3.05) is 0 Å². The number of carboxylic acid groups (broad SMARTS) is 1. The molecule has 1 aliphatic carbocycles. The van der Waals surface area contributed by atoms with Crippen molar-refractivity contribution >= 4 is 5.97 Å². The van der Waals surface area contributed by atoms with Crippen LogP contribution in [0, 0.1) is 0 Å². The third-order valence-corrected chi connectivity index (χ3v) is 2.36. The van der Waals surface area contributed by atoms with Gasteiger partial charge in [0.1, 0.15) is 5.70 Å². The number of hydrogen-bond acceptors (Lipinski definition) is 2. The van der Waals surface area contributed by atoms with Crippen LogP contribution in [0.5, 0.6) is 0 Å². The van der Waals surface area contributed by atoms with Gasteiger partial charge in [-0.05, 0) is 24.5 Å². The quantitative estimate of drug-likeness (QED) is 0.592. The van der Waals surface area contributed by atoms with Gasteiger partial charge in [-0.1, -0.05) is 18.2 Å². The monoisotopic (exact) mass is 177 g/mol. The normalized spacial score (nSPS) is 25.4. The molecule has 1 atom stereocenters. The Balaban J connectivity index is 2.22. The van der Waals surface area contributed by atoms with Crippen LogP contribution in [0.3, 0.4) is 0 Å². The molecule has 0 bridgehead atoms. The predicted octanol–water partition coefficient (Wildman–Crippen LogP) is 1.20. The Morgan fingerprint density at radius 3 is 3.08 bits per heavy atom. The van der Waals surface area contributed by atoms with E-state index in [1.807, 2.05) is 6.08 Å². The topological polar surface area (TPSA) is 49.3 Å². The summed E-state index contributed by atoms with van der Waals surface area (Å²) < 4.78 is 0. The van der Waals surface area contributed by atoms with E-state index in [1.54, 1.807) is 6.08 Å². The van der Waals surface area contributed by atoms with E-state index < -0.39 is 5.97 Å². The molecule has 0 aromatic rings. The number of aliphatic carboxylic acids is 1. The molecule has 3 heteroatoms. The zero-order chi connectivity index (χ0) is 9.26. The molecular weight excluding hydrogens is 166 g/mol. The molecule has 2 aliphatic rings. The maximum Gasteiger partial charge on any atom is 0.351 e. The fraction of sp³-hybridized carbons (Fsp3) is 0.300. The highest BCUT2D eigenvalue weighted by Gasteiger charge is 2.21. The van der Waals surface area contributed by atoms with Gasteiger partial charge in [-0.25, -0.2) is 4.79 Å². The van der Waals surface area contributed by atoms with Gasteiger partial charge in [0.25, 0.3) is 0 Å². The zero-order valence-electron chi connectivity index (χ0n) is 7.16. The summed E-state index contributed by atoms with van der Waals surface area (Å²) in [5, 5.41) is 11.7. The average Bonchev–Trinajstić information content (AvgIpc) is 2.17. The first-order valence-corrected chi connectivity index (χ1v) is 4.33. The maximum atomic E-state index is 10.7. The van der Waals surface area contributed by atoms with Crippen molar-refractivity contribution in [2.45, 2.75) is 18.9 Å². The molecule has 0 spiro atoms. The van der Waals surface area contributed by atoms with Crippen LogP contribution in [-0.2, 0) is 4.79 Å². The zero-order valence-corrected chi connectivity index (χ0v) is 7.16. The van der Waals surface area contributed by atoms with Crippen molar-refractivity contribution in [3.05, 3.63) is 35.6 Å². The van der Waals surface area contributed by atoms with Crippen LogP contribution in [0.15, 0.2) is 35.6 Å². The number of rotatable bonds is 1. The molecule has 1 unspecified atom stereocenters.